The van der Waals surface area contributed by atoms with Gasteiger partial charge in [-0.15, -0.1) is 0 Å². The van der Waals surface area contributed by atoms with Crippen LogP contribution in [0.3, 0.4) is 0 Å². The van der Waals surface area contributed by atoms with E-state index in [1.54, 1.807) is 12.1 Å². The minimum atomic E-state index is 0.107. The lowest BCUT2D eigenvalue weighted by Crippen LogP contribution is -2.49. The van der Waals surface area contributed by atoms with Crippen LogP contribution in [0.15, 0.2) is 78.9 Å². The maximum absolute atomic E-state index is 13.2. The van der Waals surface area contributed by atoms with Crippen LogP contribution in [0.1, 0.15) is 11.4 Å². The number of imidazole rings is 1. The summed E-state index contributed by atoms with van der Waals surface area (Å²) in [6.07, 6.45) is 0. The van der Waals surface area contributed by atoms with Crippen molar-refractivity contribution < 1.29 is 9.53 Å². The number of rotatable bonds is 7. The fourth-order valence-corrected chi connectivity index (χ4v) is 4.45. The molecule has 0 N–H and O–H groups in total. The molecule has 4 aromatic rings. The van der Waals surface area contributed by atoms with Gasteiger partial charge in [-0.05, 0) is 42.0 Å². The second kappa shape index (κ2) is 10.3. The van der Waals surface area contributed by atoms with E-state index in [4.69, 9.17) is 21.3 Å². The summed E-state index contributed by atoms with van der Waals surface area (Å²) in [5.41, 5.74) is 3.10. The second-order valence-corrected chi connectivity index (χ2v) is 8.92. The van der Waals surface area contributed by atoms with Gasteiger partial charge in [0.25, 0.3) is 0 Å². The van der Waals surface area contributed by atoms with Crippen LogP contribution in [0.5, 0.6) is 5.75 Å². The third-order valence-electron chi connectivity index (χ3n) is 6.18. The summed E-state index contributed by atoms with van der Waals surface area (Å²) in [7, 11) is 0. The first-order valence-corrected chi connectivity index (χ1v) is 11.9. The Morgan fingerprint density at radius 1 is 0.882 bits per heavy atom. The normalized spacial score (nSPS) is 14.4. The Kier molecular flexibility index (Phi) is 6.79. The molecule has 3 aromatic carbocycles. The van der Waals surface area contributed by atoms with Gasteiger partial charge < -0.3 is 14.2 Å². The summed E-state index contributed by atoms with van der Waals surface area (Å²) in [5.74, 6) is 1.55. The number of hydrogen-bond acceptors (Lipinski definition) is 4. The van der Waals surface area contributed by atoms with E-state index in [0.717, 1.165) is 49.6 Å². The summed E-state index contributed by atoms with van der Waals surface area (Å²) >= 11 is 5.97. The minimum absolute atomic E-state index is 0.107. The molecule has 1 aliphatic heterocycles. The number of nitrogens with zero attached hydrogens (tertiary/aromatic N) is 4. The molecule has 0 unspecified atom stereocenters. The number of piperazine rings is 1. The monoisotopic (exact) mass is 474 g/mol. The van der Waals surface area contributed by atoms with Crippen molar-refractivity contribution in [3.05, 3.63) is 95.3 Å². The van der Waals surface area contributed by atoms with E-state index in [9.17, 15) is 4.79 Å². The fourth-order valence-electron chi connectivity index (χ4n) is 4.32. The molecule has 0 radical (unpaired) electrons. The molecule has 0 bridgehead atoms. The molecule has 174 valence electrons. The molecule has 1 saturated heterocycles. The number of ether oxygens (including phenoxy) is 1. The van der Waals surface area contributed by atoms with E-state index in [1.165, 1.54) is 5.56 Å². The standard InChI is InChI=1S/C27H27ClN4O2/c28-22-10-12-23(13-11-22)34-20-26-29-24-8-4-5-9-25(24)32(26)19-27(33)31-16-14-30(15-17-31)18-21-6-2-1-3-7-21/h1-13H,14-20H2. The highest BCUT2D eigenvalue weighted by Crippen LogP contribution is 2.20. The molecule has 6 nitrogen and oxygen atoms in total. The van der Waals surface area contributed by atoms with E-state index in [-0.39, 0.29) is 19.1 Å². The number of hydrogen-bond donors (Lipinski definition) is 0. The molecule has 0 atom stereocenters. The van der Waals surface area contributed by atoms with Gasteiger partial charge in [-0.1, -0.05) is 54.1 Å². The number of aromatic nitrogens is 2. The van der Waals surface area contributed by atoms with Crippen LogP contribution < -0.4 is 4.74 Å². The molecule has 0 spiro atoms. The van der Waals surface area contributed by atoms with Gasteiger partial charge in [-0.3, -0.25) is 9.69 Å². The van der Waals surface area contributed by atoms with Crippen molar-refractivity contribution in [2.24, 2.45) is 0 Å². The van der Waals surface area contributed by atoms with Gasteiger partial charge in [-0.25, -0.2) is 4.98 Å². The van der Waals surface area contributed by atoms with Crippen LogP contribution in [-0.2, 0) is 24.5 Å². The van der Waals surface area contributed by atoms with Crippen LogP contribution in [0, 0.1) is 0 Å². The number of fused-ring (bicyclic) bond motifs is 1. The number of para-hydroxylation sites is 2. The SMILES string of the molecule is O=C(Cn1c(COc2ccc(Cl)cc2)nc2ccccc21)N1CCN(Cc2ccccc2)CC1. The average molecular weight is 475 g/mol. The van der Waals surface area contributed by atoms with Crippen molar-refractivity contribution in [3.63, 3.8) is 0 Å². The van der Waals surface area contributed by atoms with Crippen LogP contribution >= 0.6 is 11.6 Å². The van der Waals surface area contributed by atoms with Crippen molar-refractivity contribution in [1.29, 1.82) is 0 Å². The lowest BCUT2D eigenvalue weighted by molar-refractivity contribution is -0.133. The van der Waals surface area contributed by atoms with Crippen LogP contribution in [-0.4, -0.2) is 51.4 Å². The maximum Gasteiger partial charge on any atom is 0.242 e. The van der Waals surface area contributed by atoms with Crippen LogP contribution in [0.4, 0.5) is 0 Å². The Bertz CT molecular complexity index is 1250. The highest BCUT2D eigenvalue weighted by Gasteiger charge is 2.23. The largest absolute Gasteiger partial charge is 0.486 e. The first-order valence-electron chi connectivity index (χ1n) is 11.5. The summed E-state index contributed by atoms with van der Waals surface area (Å²) in [5, 5.41) is 0.661. The van der Waals surface area contributed by atoms with Crippen molar-refractivity contribution in [2.75, 3.05) is 26.2 Å². The van der Waals surface area contributed by atoms with Gasteiger partial charge in [0.15, 0.2) is 0 Å². The predicted molar refractivity (Wildman–Crippen MR) is 134 cm³/mol. The lowest BCUT2D eigenvalue weighted by Gasteiger charge is -2.35. The molecule has 1 fully saturated rings. The zero-order valence-electron chi connectivity index (χ0n) is 18.9. The van der Waals surface area contributed by atoms with E-state index in [1.807, 2.05) is 51.9 Å². The smallest absolute Gasteiger partial charge is 0.242 e. The van der Waals surface area contributed by atoms with Gasteiger partial charge in [0, 0.05) is 37.7 Å². The first kappa shape index (κ1) is 22.4. The Labute approximate surface area is 204 Å². The lowest BCUT2D eigenvalue weighted by atomic mass is 10.2. The van der Waals surface area contributed by atoms with E-state index < -0.39 is 0 Å². The zero-order chi connectivity index (χ0) is 23.3. The van der Waals surface area contributed by atoms with Gasteiger partial charge in [0.1, 0.15) is 24.7 Å². The van der Waals surface area contributed by atoms with Crippen molar-refractivity contribution >= 4 is 28.5 Å². The van der Waals surface area contributed by atoms with E-state index in [0.29, 0.717) is 10.8 Å². The van der Waals surface area contributed by atoms with Gasteiger partial charge in [-0.2, -0.15) is 0 Å². The second-order valence-electron chi connectivity index (χ2n) is 8.49. The molecule has 1 aliphatic rings. The summed E-state index contributed by atoms with van der Waals surface area (Å²) in [6.45, 7) is 4.65. The highest BCUT2D eigenvalue weighted by molar-refractivity contribution is 6.30. The Morgan fingerprint density at radius 2 is 1.59 bits per heavy atom. The average Bonchev–Trinajstić information content (AvgIpc) is 3.22. The number of carbonyl (C=O) groups excluding carboxylic acids is 1. The van der Waals surface area contributed by atoms with E-state index in [2.05, 4.69) is 29.2 Å². The number of halogens is 1. The van der Waals surface area contributed by atoms with E-state index >= 15 is 0 Å². The first-order chi connectivity index (χ1) is 16.7. The molecule has 7 heteroatoms. The molecule has 0 saturated carbocycles. The summed E-state index contributed by atoms with van der Waals surface area (Å²) in [4.78, 5) is 22.3. The highest BCUT2D eigenvalue weighted by atomic mass is 35.5. The molecule has 1 aromatic heterocycles. The quantitative estimate of drug-likeness (QED) is 0.392. The van der Waals surface area contributed by atoms with Crippen molar-refractivity contribution in [3.8, 4) is 5.75 Å². The molecule has 5 rings (SSSR count). The van der Waals surface area contributed by atoms with Crippen LogP contribution in [0.2, 0.25) is 5.02 Å². The minimum Gasteiger partial charge on any atom is -0.486 e. The van der Waals surface area contributed by atoms with Crippen molar-refractivity contribution in [1.82, 2.24) is 19.4 Å². The molecular weight excluding hydrogens is 448 g/mol. The summed E-state index contributed by atoms with van der Waals surface area (Å²) < 4.78 is 7.92. The molecule has 34 heavy (non-hydrogen) atoms. The Balaban J connectivity index is 1.25. The van der Waals surface area contributed by atoms with Crippen LogP contribution in [0.25, 0.3) is 11.0 Å². The fraction of sp³-hybridized carbons (Fsp3) is 0.259. The Morgan fingerprint density at radius 3 is 2.35 bits per heavy atom. The number of amides is 1. The molecular formula is C27H27ClN4O2. The van der Waals surface area contributed by atoms with Crippen molar-refractivity contribution in [2.45, 2.75) is 19.7 Å². The molecule has 2 heterocycles. The number of carbonyl (C=O) groups is 1. The third-order valence-corrected chi connectivity index (χ3v) is 6.43. The van der Waals surface area contributed by atoms with Gasteiger partial charge >= 0.3 is 0 Å². The third kappa shape index (κ3) is 5.24. The summed E-state index contributed by atoms with van der Waals surface area (Å²) in [6, 6.07) is 25.6. The number of benzene rings is 3. The maximum atomic E-state index is 13.2. The zero-order valence-corrected chi connectivity index (χ0v) is 19.7. The van der Waals surface area contributed by atoms with Gasteiger partial charge in [0.2, 0.25) is 5.91 Å². The molecule has 1 amide bonds. The predicted octanol–water partition coefficient (Wildman–Crippen LogP) is 4.61. The Hall–Kier alpha value is -3.35. The van der Waals surface area contributed by atoms with Gasteiger partial charge in [0.05, 0.1) is 11.0 Å². The topological polar surface area (TPSA) is 50.6 Å². The molecule has 0 aliphatic carbocycles.